The Kier molecular flexibility index (Phi) is 4.62. The molecule has 0 aliphatic carbocycles. The Hall–Kier alpha value is -2.02. The number of anilines is 1. The van der Waals surface area contributed by atoms with Gasteiger partial charge in [0.25, 0.3) is 5.91 Å². The Labute approximate surface area is 120 Å². The third-order valence-corrected chi connectivity index (χ3v) is 3.77. The minimum absolute atomic E-state index is 0.0258. The van der Waals surface area contributed by atoms with E-state index in [1.165, 1.54) is 11.8 Å². The standard InChI is InChI=1S/C13H14N2O4S/c14-11(16)7-19-13(18)5-6-15-9-3-1-2-4-10(9)20-8-12(15)17/h1-4H,5-8H2,(H2,14,16). The van der Waals surface area contributed by atoms with Crippen LogP contribution < -0.4 is 10.6 Å². The zero-order valence-corrected chi connectivity index (χ0v) is 11.5. The highest BCUT2D eigenvalue weighted by atomic mass is 32.2. The van der Waals surface area contributed by atoms with Gasteiger partial charge in [0.2, 0.25) is 5.91 Å². The number of carbonyl (C=O) groups excluding carboxylic acids is 3. The lowest BCUT2D eigenvalue weighted by Crippen LogP contribution is -2.37. The van der Waals surface area contributed by atoms with E-state index in [0.29, 0.717) is 5.75 Å². The fraction of sp³-hybridized carbons (Fsp3) is 0.308. The first-order valence-electron chi connectivity index (χ1n) is 6.04. The van der Waals surface area contributed by atoms with Crippen molar-refractivity contribution < 1.29 is 19.1 Å². The highest BCUT2D eigenvalue weighted by Gasteiger charge is 2.24. The Balaban J connectivity index is 1.97. The van der Waals surface area contributed by atoms with Crippen LogP contribution in [0.2, 0.25) is 0 Å². The Morgan fingerprint density at radius 3 is 2.85 bits per heavy atom. The van der Waals surface area contributed by atoms with Crippen LogP contribution in [-0.2, 0) is 19.1 Å². The van der Waals surface area contributed by atoms with Gasteiger partial charge in [-0.25, -0.2) is 0 Å². The van der Waals surface area contributed by atoms with E-state index in [2.05, 4.69) is 4.74 Å². The smallest absolute Gasteiger partial charge is 0.308 e. The molecule has 1 aromatic carbocycles. The van der Waals surface area contributed by atoms with E-state index in [-0.39, 0.29) is 18.9 Å². The topological polar surface area (TPSA) is 89.7 Å². The van der Waals surface area contributed by atoms with Crippen LogP contribution in [0.4, 0.5) is 5.69 Å². The van der Waals surface area contributed by atoms with Crippen molar-refractivity contribution in [2.45, 2.75) is 11.3 Å². The van der Waals surface area contributed by atoms with E-state index in [0.717, 1.165) is 10.6 Å². The molecule has 6 nitrogen and oxygen atoms in total. The van der Waals surface area contributed by atoms with Gasteiger partial charge >= 0.3 is 5.97 Å². The Morgan fingerprint density at radius 2 is 2.10 bits per heavy atom. The number of hydrogen-bond donors (Lipinski definition) is 1. The van der Waals surface area contributed by atoms with Crippen LogP contribution in [0, 0.1) is 0 Å². The molecule has 0 fully saturated rings. The minimum Gasteiger partial charge on any atom is -0.456 e. The average molecular weight is 294 g/mol. The summed E-state index contributed by atoms with van der Waals surface area (Å²) < 4.78 is 4.66. The molecule has 0 saturated carbocycles. The predicted octanol–water partition coefficient (Wildman–Crippen LogP) is 0.544. The second kappa shape index (κ2) is 6.42. The molecule has 1 aliphatic rings. The number of primary amides is 1. The van der Waals surface area contributed by atoms with Gasteiger partial charge in [-0.2, -0.15) is 0 Å². The van der Waals surface area contributed by atoms with Crippen LogP contribution in [0.5, 0.6) is 0 Å². The number of nitrogens with zero attached hydrogens (tertiary/aromatic N) is 1. The van der Waals surface area contributed by atoms with Crippen LogP contribution in [0.15, 0.2) is 29.2 Å². The maximum absolute atomic E-state index is 11.9. The molecular formula is C13H14N2O4S. The second-order valence-corrected chi connectivity index (χ2v) is 5.20. The number of rotatable bonds is 5. The molecule has 0 saturated heterocycles. The molecule has 2 rings (SSSR count). The summed E-state index contributed by atoms with van der Waals surface area (Å²) in [6.07, 6.45) is 0.0258. The van der Waals surface area contributed by atoms with Gasteiger partial charge in [0.15, 0.2) is 6.61 Å². The number of benzene rings is 1. The van der Waals surface area contributed by atoms with Crippen molar-refractivity contribution in [2.24, 2.45) is 5.73 Å². The number of ether oxygens (including phenoxy) is 1. The summed E-state index contributed by atoms with van der Waals surface area (Å²) in [7, 11) is 0. The highest BCUT2D eigenvalue weighted by Crippen LogP contribution is 2.34. The molecule has 106 valence electrons. The lowest BCUT2D eigenvalue weighted by Gasteiger charge is -2.28. The number of amides is 2. The molecule has 2 amide bonds. The third-order valence-electron chi connectivity index (χ3n) is 2.72. The predicted molar refractivity (Wildman–Crippen MR) is 74.3 cm³/mol. The van der Waals surface area contributed by atoms with Crippen molar-refractivity contribution in [3.63, 3.8) is 0 Å². The first-order chi connectivity index (χ1) is 9.58. The fourth-order valence-corrected chi connectivity index (χ4v) is 2.76. The number of thioether (sulfide) groups is 1. The molecule has 0 unspecified atom stereocenters. The van der Waals surface area contributed by atoms with Gasteiger partial charge in [0.1, 0.15) is 0 Å². The second-order valence-electron chi connectivity index (χ2n) is 4.18. The number of carbonyl (C=O) groups is 3. The lowest BCUT2D eigenvalue weighted by atomic mass is 10.2. The zero-order valence-electron chi connectivity index (χ0n) is 10.7. The quantitative estimate of drug-likeness (QED) is 0.801. The van der Waals surface area contributed by atoms with Crippen molar-refractivity contribution in [2.75, 3.05) is 23.8 Å². The number of para-hydroxylation sites is 1. The van der Waals surface area contributed by atoms with Crippen LogP contribution in [0.1, 0.15) is 6.42 Å². The van der Waals surface area contributed by atoms with Crippen LogP contribution in [0.3, 0.4) is 0 Å². The maximum Gasteiger partial charge on any atom is 0.308 e. The Bertz CT molecular complexity index is 547. The van der Waals surface area contributed by atoms with Gasteiger partial charge in [0.05, 0.1) is 17.9 Å². The molecule has 1 heterocycles. The number of esters is 1. The summed E-state index contributed by atoms with van der Waals surface area (Å²) in [5.74, 6) is -0.939. The maximum atomic E-state index is 11.9. The van der Waals surface area contributed by atoms with E-state index in [9.17, 15) is 14.4 Å². The summed E-state index contributed by atoms with van der Waals surface area (Å²) in [4.78, 5) is 36.4. The molecule has 0 aromatic heterocycles. The van der Waals surface area contributed by atoms with E-state index >= 15 is 0 Å². The zero-order chi connectivity index (χ0) is 14.5. The summed E-state index contributed by atoms with van der Waals surface area (Å²) in [5, 5.41) is 0. The van der Waals surface area contributed by atoms with Crippen molar-refractivity contribution >= 4 is 35.2 Å². The molecule has 0 radical (unpaired) electrons. The van der Waals surface area contributed by atoms with Gasteiger partial charge in [0, 0.05) is 11.4 Å². The number of fused-ring (bicyclic) bond motifs is 1. The molecule has 2 N–H and O–H groups in total. The molecule has 0 spiro atoms. The third kappa shape index (κ3) is 3.51. The summed E-state index contributed by atoms with van der Waals surface area (Å²) in [6.45, 7) is -0.201. The number of nitrogens with two attached hydrogens (primary N) is 1. The number of hydrogen-bond acceptors (Lipinski definition) is 5. The molecule has 0 atom stereocenters. The molecule has 20 heavy (non-hydrogen) atoms. The van der Waals surface area contributed by atoms with Crippen LogP contribution >= 0.6 is 11.8 Å². The summed E-state index contributed by atoms with van der Waals surface area (Å²) in [5.41, 5.74) is 5.68. The monoisotopic (exact) mass is 294 g/mol. The summed E-state index contributed by atoms with van der Waals surface area (Å²) in [6, 6.07) is 7.52. The largest absolute Gasteiger partial charge is 0.456 e. The van der Waals surface area contributed by atoms with E-state index in [1.54, 1.807) is 4.90 Å². The molecule has 7 heteroatoms. The highest BCUT2D eigenvalue weighted by molar-refractivity contribution is 8.00. The molecule has 1 aromatic rings. The Morgan fingerprint density at radius 1 is 1.35 bits per heavy atom. The normalized spacial score (nSPS) is 13.8. The van der Waals surface area contributed by atoms with Gasteiger partial charge in [-0.3, -0.25) is 14.4 Å². The van der Waals surface area contributed by atoms with Crippen LogP contribution in [-0.4, -0.2) is 36.7 Å². The minimum atomic E-state index is -0.700. The van der Waals surface area contributed by atoms with Gasteiger partial charge < -0.3 is 15.4 Å². The first-order valence-corrected chi connectivity index (χ1v) is 7.02. The summed E-state index contributed by atoms with van der Waals surface area (Å²) >= 11 is 1.48. The first kappa shape index (κ1) is 14.4. The van der Waals surface area contributed by atoms with E-state index in [4.69, 9.17) is 5.73 Å². The van der Waals surface area contributed by atoms with Crippen molar-refractivity contribution in [1.29, 1.82) is 0 Å². The van der Waals surface area contributed by atoms with Gasteiger partial charge in [-0.05, 0) is 12.1 Å². The van der Waals surface area contributed by atoms with Gasteiger partial charge in [-0.15, -0.1) is 11.8 Å². The van der Waals surface area contributed by atoms with Crippen molar-refractivity contribution in [3.8, 4) is 0 Å². The van der Waals surface area contributed by atoms with Gasteiger partial charge in [-0.1, -0.05) is 12.1 Å². The van der Waals surface area contributed by atoms with Crippen LogP contribution in [0.25, 0.3) is 0 Å². The average Bonchev–Trinajstić information content (AvgIpc) is 2.44. The molecular weight excluding hydrogens is 280 g/mol. The lowest BCUT2D eigenvalue weighted by molar-refractivity contribution is -0.147. The van der Waals surface area contributed by atoms with Crippen molar-refractivity contribution in [1.82, 2.24) is 0 Å². The fourth-order valence-electron chi connectivity index (χ4n) is 1.83. The van der Waals surface area contributed by atoms with E-state index in [1.807, 2.05) is 24.3 Å². The molecule has 1 aliphatic heterocycles. The van der Waals surface area contributed by atoms with Crippen molar-refractivity contribution in [3.05, 3.63) is 24.3 Å². The molecule has 0 bridgehead atoms. The SMILES string of the molecule is NC(=O)COC(=O)CCN1C(=O)CSc2ccccc21. The van der Waals surface area contributed by atoms with E-state index < -0.39 is 18.5 Å².